The van der Waals surface area contributed by atoms with Gasteiger partial charge in [0.1, 0.15) is 5.78 Å². The third-order valence-corrected chi connectivity index (χ3v) is 3.59. The maximum absolute atomic E-state index is 11.6. The van der Waals surface area contributed by atoms with E-state index in [2.05, 4.69) is 11.4 Å². The van der Waals surface area contributed by atoms with Crippen LogP contribution < -0.4 is 5.32 Å². The van der Waals surface area contributed by atoms with E-state index in [1.54, 1.807) is 18.2 Å². The molecule has 1 amide bonds. The fourth-order valence-corrected chi connectivity index (χ4v) is 2.53. The maximum Gasteiger partial charge on any atom is 0.231 e. The Morgan fingerprint density at radius 2 is 1.91 bits per heavy atom. The third kappa shape index (κ3) is 4.41. The normalized spacial score (nSPS) is 11.3. The van der Waals surface area contributed by atoms with Crippen molar-refractivity contribution < 1.29 is 9.59 Å². The molecular weight excluding hydrogens is 312 g/mol. The van der Waals surface area contributed by atoms with E-state index in [0.29, 0.717) is 16.3 Å². The molecule has 0 aliphatic carbocycles. The number of benzene rings is 2. The second-order valence-corrected chi connectivity index (χ2v) is 5.54. The number of nitrogens with one attached hydrogen (secondary N) is 1. The summed E-state index contributed by atoms with van der Waals surface area (Å²) in [5.41, 5.74) is 2.02. The Morgan fingerprint density at radius 1 is 1.22 bits per heavy atom. The fourth-order valence-electron chi connectivity index (χ4n) is 2.24. The van der Waals surface area contributed by atoms with Crippen LogP contribution in [0, 0.1) is 11.3 Å². The monoisotopic (exact) mass is 326 g/mol. The smallest absolute Gasteiger partial charge is 0.231 e. The first-order valence-corrected chi connectivity index (χ1v) is 7.42. The average molecular weight is 327 g/mol. The second-order valence-electron chi connectivity index (χ2n) is 5.14. The van der Waals surface area contributed by atoms with Gasteiger partial charge >= 0.3 is 0 Å². The van der Waals surface area contributed by atoms with Gasteiger partial charge in [-0.1, -0.05) is 48.0 Å². The van der Waals surface area contributed by atoms with Gasteiger partial charge in [-0.15, -0.1) is 0 Å². The number of nitriles is 1. The summed E-state index contributed by atoms with van der Waals surface area (Å²) in [6.45, 7) is 1.35. The molecule has 2 aromatic rings. The third-order valence-electron chi connectivity index (χ3n) is 3.27. The van der Waals surface area contributed by atoms with Crippen LogP contribution in [0.5, 0.6) is 0 Å². The molecule has 1 N–H and O–H groups in total. The fraction of sp³-hybridized carbons (Fsp3) is 0.167. The zero-order valence-corrected chi connectivity index (χ0v) is 13.3. The molecule has 1 atom stereocenters. The Hall–Kier alpha value is -2.64. The standard InChI is InChI=1S/C18H15ClN2O2/c1-12(22)9-18(23)21-14-7-8-15(17(19)10-14)16(11-20)13-5-3-2-4-6-13/h2-8,10,16H,9H2,1H3,(H,21,23). The summed E-state index contributed by atoms with van der Waals surface area (Å²) >= 11 is 6.27. The Labute approximate surface area is 139 Å². The Kier molecular flexibility index (Phi) is 5.51. The maximum atomic E-state index is 11.6. The van der Waals surface area contributed by atoms with Gasteiger partial charge in [-0.2, -0.15) is 5.26 Å². The molecule has 0 fully saturated rings. The lowest BCUT2D eigenvalue weighted by atomic mass is 9.92. The van der Waals surface area contributed by atoms with E-state index in [9.17, 15) is 14.9 Å². The van der Waals surface area contributed by atoms with Crippen molar-refractivity contribution in [3.63, 3.8) is 0 Å². The van der Waals surface area contributed by atoms with Crippen LogP contribution >= 0.6 is 11.6 Å². The highest BCUT2D eigenvalue weighted by atomic mass is 35.5. The van der Waals surface area contributed by atoms with Gasteiger partial charge in [-0.05, 0) is 30.2 Å². The molecule has 0 aromatic heterocycles. The van der Waals surface area contributed by atoms with Crippen molar-refractivity contribution in [3.8, 4) is 6.07 Å². The number of nitrogens with zero attached hydrogens (tertiary/aromatic N) is 1. The van der Waals surface area contributed by atoms with Gasteiger partial charge in [0.15, 0.2) is 0 Å². The van der Waals surface area contributed by atoms with E-state index in [0.717, 1.165) is 5.56 Å². The Balaban J connectivity index is 2.24. The van der Waals surface area contributed by atoms with Crippen LogP contribution in [-0.4, -0.2) is 11.7 Å². The summed E-state index contributed by atoms with van der Waals surface area (Å²) in [6, 6.07) is 16.6. The number of hydrogen-bond donors (Lipinski definition) is 1. The minimum Gasteiger partial charge on any atom is -0.326 e. The first-order valence-electron chi connectivity index (χ1n) is 7.04. The second kappa shape index (κ2) is 7.57. The molecule has 4 nitrogen and oxygen atoms in total. The predicted octanol–water partition coefficient (Wildman–Crippen LogP) is 3.91. The Morgan fingerprint density at radius 3 is 2.48 bits per heavy atom. The lowest BCUT2D eigenvalue weighted by Gasteiger charge is -2.13. The van der Waals surface area contributed by atoms with Crippen molar-refractivity contribution in [1.82, 2.24) is 0 Å². The van der Waals surface area contributed by atoms with Crippen molar-refractivity contribution >= 4 is 29.0 Å². The molecule has 2 rings (SSSR count). The van der Waals surface area contributed by atoms with Crippen LogP contribution in [0.15, 0.2) is 48.5 Å². The summed E-state index contributed by atoms with van der Waals surface area (Å²) < 4.78 is 0. The minimum absolute atomic E-state index is 0.176. The zero-order chi connectivity index (χ0) is 16.8. The first-order chi connectivity index (χ1) is 11.0. The minimum atomic E-state index is -0.481. The average Bonchev–Trinajstić information content (AvgIpc) is 2.50. The van der Waals surface area contributed by atoms with Gasteiger partial charge in [0.2, 0.25) is 5.91 Å². The van der Waals surface area contributed by atoms with Crippen molar-refractivity contribution in [2.75, 3.05) is 5.32 Å². The van der Waals surface area contributed by atoms with Crippen molar-refractivity contribution in [3.05, 3.63) is 64.7 Å². The van der Waals surface area contributed by atoms with Crippen LogP contribution in [0.25, 0.3) is 0 Å². The number of rotatable bonds is 5. The quantitative estimate of drug-likeness (QED) is 0.847. The van der Waals surface area contributed by atoms with E-state index < -0.39 is 5.92 Å². The molecule has 0 aliphatic heterocycles. The topological polar surface area (TPSA) is 70.0 Å². The molecule has 0 saturated carbocycles. The molecule has 0 bridgehead atoms. The number of halogens is 1. The molecular formula is C18H15ClN2O2. The largest absolute Gasteiger partial charge is 0.326 e. The van der Waals surface area contributed by atoms with E-state index in [4.69, 9.17) is 11.6 Å². The number of amides is 1. The van der Waals surface area contributed by atoms with E-state index in [1.807, 2.05) is 30.3 Å². The molecule has 23 heavy (non-hydrogen) atoms. The number of carbonyl (C=O) groups excluding carboxylic acids is 2. The van der Waals surface area contributed by atoms with Gasteiger partial charge in [0.05, 0.1) is 18.4 Å². The highest BCUT2D eigenvalue weighted by molar-refractivity contribution is 6.31. The molecule has 0 radical (unpaired) electrons. The lowest BCUT2D eigenvalue weighted by Crippen LogP contribution is -2.14. The zero-order valence-electron chi connectivity index (χ0n) is 12.5. The highest BCUT2D eigenvalue weighted by Crippen LogP contribution is 2.31. The molecule has 0 spiro atoms. The van der Waals surface area contributed by atoms with Crippen LogP contribution in [0.4, 0.5) is 5.69 Å². The summed E-state index contributed by atoms with van der Waals surface area (Å²) in [6.07, 6.45) is -0.176. The molecule has 0 aliphatic rings. The summed E-state index contributed by atoms with van der Waals surface area (Å²) in [5, 5.41) is 12.5. The summed E-state index contributed by atoms with van der Waals surface area (Å²) in [5.74, 6) is -1.08. The van der Waals surface area contributed by atoms with Crippen LogP contribution in [-0.2, 0) is 9.59 Å². The summed E-state index contributed by atoms with van der Waals surface area (Å²) in [7, 11) is 0. The number of anilines is 1. The van der Waals surface area contributed by atoms with E-state index >= 15 is 0 Å². The molecule has 0 heterocycles. The molecule has 116 valence electrons. The number of carbonyl (C=O) groups is 2. The summed E-state index contributed by atoms with van der Waals surface area (Å²) in [4.78, 5) is 22.5. The van der Waals surface area contributed by atoms with Gasteiger partial charge in [0.25, 0.3) is 0 Å². The van der Waals surface area contributed by atoms with Gasteiger partial charge in [-0.25, -0.2) is 0 Å². The molecule has 1 unspecified atom stereocenters. The first kappa shape index (κ1) is 16.7. The predicted molar refractivity (Wildman–Crippen MR) is 89.3 cm³/mol. The SMILES string of the molecule is CC(=O)CC(=O)Nc1ccc(C(C#N)c2ccccc2)c(Cl)c1. The van der Waals surface area contributed by atoms with E-state index in [-0.39, 0.29) is 18.1 Å². The lowest BCUT2D eigenvalue weighted by molar-refractivity contribution is -0.124. The van der Waals surface area contributed by atoms with E-state index in [1.165, 1.54) is 6.92 Å². The van der Waals surface area contributed by atoms with Crippen LogP contribution in [0.3, 0.4) is 0 Å². The van der Waals surface area contributed by atoms with Gasteiger partial charge in [-0.3, -0.25) is 9.59 Å². The van der Waals surface area contributed by atoms with Crippen molar-refractivity contribution in [2.45, 2.75) is 19.3 Å². The Bertz CT molecular complexity index is 766. The van der Waals surface area contributed by atoms with Crippen LogP contribution in [0.1, 0.15) is 30.4 Å². The number of hydrogen-bond acceptors (Lipinski definition) is 3. The van der Waals surface area contributed by atoms with Crippen molar-refractivity contribution in [1.29, 1.82) is 5.26 Å². The highest BCUT2D eigenvalue weighted by Gasteiger charge is 2.17. The molecule has 0 saturated heterocycles. The van der Waals surface area contributed by atoms with Gasteiger partial charge in [0, 0.05) is 10.7 Å². The van der Waals surface area contributed by atoms with Crippen LogP contribution in [0.2, 0.25) is 5.02 Å². The van der Waals surface area contributed by atoms with Crippen molar-refractivity contribution in [2.24, 2.45) is 0 Å². The number of ketones is 1. The molecule has 2 aromatic carbocycles. The number of Topliss-reactive ketones (excluding diaryl/α,β-unsaturated/α-hetero) is 1. The molecule has 5 heteroatoms. The van der Waals surface area contributed by atoms with Gasteiger partial charge < -0.3 is 5.32 Å².